The molecule has 0 atom stereocenters. The molecule has 1 heterocycles. The first kappa shape index (κ1) is 11.8. The maximum atomic E-state index is 11.5. The Labute approximate surface area is 100 Å². The van der Waals surface area contributed by atoms with E-state index in [-0.39, 0.29) is 5.91 Å². The highest BCUT2D eigenvalue weighted by Crippen LogP contribution is 2.37. The van der Waals surface area contributed by atoms with Crippen molar-refractivity contribution >= 4 is 5.91 Å². The van der Waals surface area contributed by atoms with Gasteiger partial charge in [-0.3, -0.25) is 4.79 Å². The number of nitrogens with zero attached hydrogens (tertiary/aromatic N) is 2. The van der Waals surface area contributed by atoms with Crippen LogP contribution in [0.3, 0.4) is 0 Å². The fourth-order valence-corrected chi connectivity index (χ4v) is 2.26. The van der Waals surface area contributed by atoms with Crippen molar-refractivity contribution in [1.29, 1.82) is 0 Å². The molecular weight excluding hydrogens is 218 g/mol. The zero-order chi connectivity index (χ0) is 12.3. The second-order valence-electron chi connectivity index (χ2n) is 4.35. The first-order valence-electron chi connectivity index (χ1n) is 5.98. The SMILES string of the molecule is C=CC(=O)NC1(c2noc(CC)n2)CCCC1. The molecule has 1 fully saturated rings. The third kappa shape index (κ3) is 2.23. The molecule has 0 saturated heterocycles. The zero-order valence-corrected chi connectivity index (χ0v) is 10.0. The summed E-state index contributed by atoms with van der Waals surface area (Å²) in [6.45, 7) is 5.43. The molecule has 1 aromatic rings. The predicted octanol–water partition coefficient (Wildman–Crippen LogP) is 1.70. The molecule has 1 saturated carbocycles. The van der Waals surface area contributed by atoms with Crippen LogP contribution >= 0.6 is 0 Å². The molecule has 0 unspecified atom stereocenters. The maximum absolute atomic E-state index is 11.5. The molecule has 5 heteroatoms. The molecule has 2 rings (SSSR count). The van der Waals surface area contributed by atoms with Gasteiger partial charge in [-0.25, -0.2) is 0 Å². The van der Waals surface area contributed by atoms with Gasteiger partial charge in [-0.15, -0.1) is 0 Å². The lowest BCUT2D eigenvalue weighted by Crippen LogP contribution is -2.43. The van der Waals surface area contributed by atoms with Crippen LogP contribution in [0.5, 0.6) is 0 Å². The lowest BCUT2D eigenvalue weighted by molar-refractivity contribution is -0.118. The number of hydrogen-bond acceptors (Lipinski definition) is 4. The molecule has 1 aliphatic rings. The van der Waals surface area contributed by atoms with Gasteiger partial charge in [0, 0.05) is 6.42 Å². The minimum Gasteiger partial charge on any atom is -0.340 e. The van der Waals surface area contributed by atoms with E-state index in [1.54, 1.807) is 0 Å². The molecule has 1 aromatic heterocycles. The van der Waals surface area contributed by atoms with Gasteiger partial charge in [-0.05, 0) is 18.9 Å². The van der Waals surface area contributed by atoms with Gasteiger partial charge >= 0.3 is 0 Å². The minimum atomic E-state index is -0.456. The average molecular weight is 235 g/mol. The Morgan fingerprint density at radius 3 is 2.82 bits per heavy atom. The van der Waals surface area contributed by atoms with E-state index < -0.39 is 5.54 Å². The van der Waals surface area contributed by atoms with Crippen LogP contribution in [0.15, 0.2) is 17.2 Å². The Morgan fingerprint density at radius 1 is 1.59 bits per heavy atom. The van der Waals surface area contributed by atoms with Gasteiger partial charge in [0.2, 0.25) is 11.8 Å². The number of carbonyl (C=O) groups is 1. The number of rotatable bonds is 4. The van der Waals surface area contributed by atoms with Gasteiger partial charge in [0.15, 0.2) is 5.82 Å². The lowest BCUT2D eigenvalue weighted by Gasteiger charge is -2.25. The van der Waals surface area contributed by atoms with Gasteiger partial charge in [-0.2, -0.15) is 4.98 Å². The number of aryl methyl sites for hydroxylation is 1. The van der Waals surface area contributed by atoms with Crippen molar-refractivity contribution < 1.29 is 9.32 Å². The summed E-state index contributed by atoms with van der Waals surface area (Å²) < 4.78 is 5.13. The Hall–Kier alpha value is -1.65. The number of carbonyl (C=O) groups excluding carboxylic acids is 1. The van der Waals surface area contributed by atoms with Gasteiger partial charge in [-0.1, -0.05) is 31.5 Å². The van der Waals surface area contributed by atoms with E-state index in [1.807, 2.05) is 6.92 Å². The van der Waals surface area contributed by atoms with Gasteiger partial charge < -0.3 is 9.84 Å². The van der Waals surface area contributed by atoms with Crippen molar-refractivity contribution in [3.63, 3.8) is 0 Å². The van der Waals surface area contributed by atoms with Crippen LogP contribution in [0.4, 0.5) is 0 Å². The van der Waals surface area contributed by atoms with E-state index >= 15 is 0 Å². The van der Waals surface area contributed by atoms with Gasteiger partial charge in [0.25, 0.3) is 0 Å². The molecule has 0 aliphatic heterocycles. The van der Waals surface area contributed by atoms with E-state index in [9.17, 15) is 4.79 Å². The quantitative estimate of drug-likeness (QED) is 0.806. The van der Waals surface area contributed by atoms with Crippen LogP contribution < -0.4 is 5.32 Å². The molecule has 1 N–H and O–H groups in total. The van der Waals surface area contributed by atoms with Crippen LogP contribution in [0.25, 0.3) is 0 Å². The number of aromatic nitrogens is 2. The number of amides is 1. The van der Waals surface area contributed by atoms with Crippen molar-refractivity contribution in [2.75, 3.05) is 0 Å². The van der Waals surface area contributed by atoms with E-state index in [0.717, 1.165) is 25.7 Å². The fourth-order valence-electron chi connectivity index (χ4n) is 2.26. The lowest BCUT2D eigenvalue weighted by atomic mass is 9.96. The van der Waals surface area contributed by atoms with Crippen molar-refractivity contribution in [3.05, 3.63) is 24.4 Å². The topological polar surface area (TPSA) is 68.0 Å². The Morgan fingerprint density at radius 2 is 2.29 bits per heavy atom. The van der Waals surface area contributed by atoms with Crippen molar-refractivity contribution in [2.45, 2.75) is 44.6 Å². The summed E-state index contributed by atoms with van der Waals surface area (Å²) in [6, 6.07) is 0. The molecule has 17 heavy (non-hydrogen) atoms. The van der Waals surface area contributed by atoms with E-state index in [1.165, 1.54) is 6.08 Å². The Kier molecular flexibility index (Phi) is 3.26. The Balaban J connectivity index is 2.27. The monoisotopic (exact) mass is 235 g/mol. The van der Waals surface area contributed by atoms with E-state index in [2.05, 4.69) is 22.0 Å². The molecular formula is C12H17N3O2. The predicted molar refractivity (Wildman–Crippen MR) is 62.2 cm³/mol. The number of hydrogen-bond donors (Lipinski definition) is 1. The minimum absolute atomic E-state index is 0.185. The molecule has 0 aromatic carbocycles. The van der Waals surface area contributed by atoms with Crippen molar-refractivity contribution in [3.8, 4) is 0 Å². The first-order valence-corrected chi connectivity index (χ1v) is 5.98. The summed E-state index contributed by atoms with van der Waals surface area (Å²) >= 11 is 0. The smallest absolute Gasteiger partial charge is 0.244 e. The summed E-state index contributed by atoms with van der Waals surface area (Å²) in [7, 11) is 0. The van der Waals surface area contributed by atoms with Crippen LogP contribution in [0.1, 0.15) is 44.3 Å². The summed E-state index contributed by atoms with van der Waals surface area (Å²) in [5.74, 6) is 1.02. The Bertz CT molecular complexity index is 419. The molecule has 92 valence electrons. The van der Waals surface area contributed by atoms with Crippen molar-refractivity contribution in [1.82, 2.24) is 15.5 Å². The molecule has 0 spiro atoms. The third-order valence-electron chi connectivity index (χ3n) is 3.20. The highest BCUT2D eigenvalue weighted by atomic mass is 16.5. The standard InChI is InChI=1S/C12H17N3O2/c1-3-9(16)14-12(7-5-6-8-12)11-13-10(4-2)17-15-11/h3H,1,4-8H2,2H3,(H,14,16). The highest BCUT2D eigenvalue weighted by molar-refractivity contribution is 5.87. The summed E-state index contributed by atoms with van der Waals surface area (Å²) in [4.78, 5) is 15.9. The fraction of sp³-hybridized carbons (Fsp3) is 0.583. The summed E-state index contributed by atoms with van der Waals surface area (Å²) in [5.41, 5.74) is -0.456. The molecule has 5 nitrogen and oxygen atoms in total. The molecule has 0 bridgehead atoms. The number of nitrogens with one attached hydrogen (secondary N) is 1. The third-order valence-corrected chi connectivity index (χ3v) is 3.20. The largest absolute Gasteiger partial charge is 0.340 e. The zero-order valence-electron chi connectivity index (χ0n) is 10.0. The van der Waals surface area contributed by atoms with Crippen LogP contribution in [-0.2, 0) is 16.8 Å². The molecule has 1 aliphatic carbocycles. The van der Waals surface area contributed by atoms with E-state index in [4.69, 9.17) is 4.52 Å². The second-order valence-corrected chi connectivity index (χ2v) is 4.35. The highest BCUT2D eigenvalue weighted by Gasteiger charge is 2.40. The summed E-state index contributed by atoms with van der Waals surface area (Å²) in [5, 5.41) is 6.95. The van der Waals surface area contributed by atoms with Gasteiger partial charge in [0.05, 0.1) is 0 Å². The maximum Gasteiger partial charge on any atom is 0.244 e. The summed E-state index contributed by atoms with van der Waals surface area (Å²) in [6.07, 6.45) is 5.82. The first-order chi connectivity index (χ1) is 8.20. The van der Waals surface area contributed by atoms with E-state index in [0.29, 0.717) is 18.1 Å². The van der Waals surface area contributed by atoms with Gasteiger partial charge in [0.1, 0.15) is 5.54 Å². The normalized spacial score (nSPS) is 17.9. The average Bonchev–Trinajstić information content (AvgIpc) is 2.97. The van der Waals surface area contributed by atoms with Crippen LogP contribution in [0, 0.1) is 0 Å². The molecule has 0 radical (unpaired) electrons. The second kappa shape index (κ2) is 4.69. The van der Waals surface area contributed by atoms with Crippen molar-refractivity contribution in [2.24, 2.45) is 0 Å². The van der Waals surface area contributed by atoms with Crippen LogP contribution in [0.2, 0.25) is 0 Å². The molecule has 1 amide bonds. The van der Waals surface area contributed by atoms with Crippen LogP contribution in [-0.4, -0.2) is 16.0 Å².